The zero-order chi connectivity index (χ0) is 14.5. The molecule has 110 valence electrons. The third-order valence-electron chi connectivity index (χ3n) is 3.70. The number of carbonyl (C=O) groups excluding carboxylic acids is 1. The van der Waals surface area contributed by atoms with Crippen LogP contribution in [0, 0.1) is 12.8 Å². The molecule has 0 saturated carbocycles. The molecule has 2 rings (SSSR count). The molecule has 2 N–H and O–H groups in total. The first-order valence-electron chi connectivity index (χ1n) is 7.26. The summed E-state index contributed by atoms with van der Waals surface area (Å²) in [7, 11) is 0. The first-order valence-corrected chi connectivity index (χ1v) is 7.26. The van der Waals surface area contributed by atoms with Crippen LogP contribution in [-0.2, 0) is 0 Å². The minimum absolute atomic E-state index is 0.00611. The van der Waals surface area contributed by atoms with Gasteiger partial charge in [0.1, 0.15) is 0 Å². The summed E-state index contributed by atoms with van der Waals surface area (Å²) in [4.78, 5) is 18.7. The summed E-state index contributed by atoms with van der Waals surface area (Å²) in [6.07, 6.45) is 3.59. The summed E-state index contributed by atoms with van der Waals surface area (Å²) in [5.41, 5.74) is 2.36. The van der Waals surface area contributed by atoms with Crippen LogP contribution in [0.1, 0.15) is 35.8 Å². The fourth-order valence-corrected chi connectivity index (χ4v) is 2.64. The van der Waals surface area contributed by atoms with Gasteiger partial charge in [-0.2, -0.15) is 0 Å². The smallest absolute Gasteiger partial charge is 0.257 e. The highest BCUT2D eigenvalue weighted by Crippen LogP contribution is 2.22. The summed E-state index contributed by atoms with van der Waals surface area (Å²) < 4.78 is 0. The first-order chi connectivity index (χ1) is 9.65. The third-order valence-corrected chi connectivity index (χ3v) is 3.70. The Kier molecular flexibility index (Phi) is 4.95. The number of pyridine rings is 1. The standard InChI is InChI=1S/C15H23N3O2/c1-3-16-14-7-11(2)17-8-13(14)15(20)18-6-4-5-12(9-18)10-19/h7-8,12,19H,3-6,9-10H2,1-2H3,(H,16,17). The molecule has 0 aliphatic carbocycles. The van der Waals surface area contributed by atoms with Crippen molar-refractivity contribution in [3.63, 3.8) is 0 Å². The number of hydrogen-bond donors (Lipinski definition) is 2. The summed E-state index contributed by atoms with van der Waals surface area (Å²) in [6, 6.07) is 1.91. The Morgan fingerprint density at radius 1 is 1.60 bits per heavy atom. The second-order valence-corrected chi connectivity index (χ2v) is 5.34. The van der Waals surface area contributed by atoms with E-state index in [1.807, 2.05) is 24.8 Å². The molecule has 1 aliphatic heterocycles. The second kappa shape index (κ2) is 6.70. The molecule has 1 fully saturated rings. The Bertz CT molecular complexity index is 476. The van der Waals surface area contributed by atoms with E-state index in [9.17, 15) is 9.90 Å². The number of hydrogen-bond acceptors (Lipinski definition) is 4. The van der Waals surface area contributed by atoms with Crippen molar-refractivity contribution in [3.05, 3.63) is 23.5 Å². The molecule has 1 unspecified atom stereocenters. The molecule has 1 aromatic rings. The van der Waals surface area contributed by atoms with Crippen molar-refractivity contribution in [1.29, 1.82) is 0 Å². The molecule has 0 radical (unpaired) electrons. The molecular weight excluding hydrogens is 254 g/mol. The zero-order valence-corrected chi connectivity index (χ0v) is 12.2. The van der Waals surface area contributed by atoms with Crippen molar-refractivity contribution in [2.24, 2.45) is 5.92 Å². The van der Waals surface area contributed by atoms with Crippen molar-refractivity contribution < 1.29 is 9.90 Å². The van der Waals surface area contributed by atoms with Gasteiger partial charge in [-0.3, -0.25) is 9.78 Å². The van der Waals surface area contributed by atoms with E-state index in [0.29, 0.717) is 12.1 Å². The summed E-state index contributed by atoms with van der Waals surface area (Å²) >= 11 is 0. The van der Waals surface area contributed by atoms with Crippen molar-refractivity contribution in [3.8, 4) is 0 Å². The quantitative estimate of drug-likeness (QED) is 0.878. The molecule has 20 heavy (non-hydrogen) atoms. The van der Waals surface area contributed by atoms with Crippen LogP contribution in [0.25, 0.3) is 0 Å². The number of amides is 1. The molecule has 5 heteroatoms. The molecule has 1 amide bonds. The lowest BCUT2D eigenvalue weighted by Gasteiger charge is -2.32. The average molecular weight is 277 g/mol. The number of piperidine rings is 1. The van der Waals surface area contributed by atoms with Gasteiger partial charge in [0.25, 0.3) is 5.91 Å². The van der Waals surface area contributed by atoms with E-state index in [4.69, 9.17) is 0 Å². The van der Waals surface area contributed by atoms with E-state index in [0.717, 1.165) is 37.3 Å². The Balaban J connectivity index is 2.19. The number of likely N-dealkylation sites (tertiary alicyclic amines) is 1. The third kappa shape index (κ3) is 3.28. The van der Waals surface area contributed by atoms with Gasteiger partial charge in [0, 0.05) is 38.1 Å². The Labute approximate surface area is 120 Å². The molecule has 0 bridgehead atoms. The van der Waals surface area contributed by atoms with Crippen LogP contribution >= 0.6 is 0 Å². The van der Waals surface area contributed by atoms with Gasteiger partial charge >= 0.3 is 0 Å². The Morgan fingerprint density at radius 3 is 3.10 bits per heavy atom. The summed E-state index contributed by atoms with van der Waals surface area (Å²) in [6.45, 7) is 6.23. The second-order valence-electron chi connectivity index (χ2n) is 5.34. The van der Waals surface area contributed by atoms with Gasteiger partial charge in [0.05, 0.1) is 11.3 Å². The number of aromatic nitrogens is 1. The van der Waals surface area contributed by atoms with Gasteiger partial charge < -0.3 is 15.3 Å². The topological polar surface area (TPSA) is 65.5 Å². The van der Waals surface area contributed by atoms with Crippen LogP contribution in [0.4, 0.5) is 5.69 Å². The molecule has 5 nitrogen and oxygen atoms in total. The summed E-state index contributed by atoms with van der Waals surface area (Å²) in [5.74, 6) is 0.209. The van der Waals surface area contributed by atoms with Crippen LogP contribution in [0.15, 0.2) is 12.3 Å². The minimum Gasteiger partial charge on any atom is -0.396 e. The molecule has 1 saturated heterocycles. The largest absolute Gasteiger partial charge is 0.396 e. The van der Waals surface area contributed by atoms with Crippen LogP contribution in [0.5, 0.6) is 0 Å². The normalized spacial score (nSPS) is 18.9. The predicted octanol–water partition coefficient (Wildman–Crippen LogP) is 1.67. The van der Waals surface area contributed by atoms with E-state index in [2.05, 4.69) is 10.3 Å². The van der Waals surface area contributed by atoms with E-state index < -0.39 is 0 Å². The van der Waals surface area contributed by atoms with Crippen LogP contribution in [0.3, 0.4) is 0 Å². The lowest BCUT2D eigenvalue weighted by Crippen LogP contribution is -2.41. The molecule has 1 atom stereocenters. The van der Waals surface area contributed by atoms with Crippen molar-refractivity contribution in [2.75, 3.05) is 31.6 Å². The lowest BCUT2D eigenvalue weighted by atomic mass is 9.98. The molecular formula is C15H23N3O2. The molecule has 0 spiro atoms. The van der Waals surface area contributed by atoms with Gasteiger partial charge in [-0.1, -0.05) is 0 Å². The monoisotopic (exact) mass is 277 g/mol. The van der Waals surface area contributed by atoms with Crippen LogP contribution < -0.4 is 5.32 Å². The minimum atomic E-state index is 0.00611. The zero-order valence-electron chi connectivity index (χ0n) is 12.2. The number of aliphatic hydroxyl groups excluding tert-OH is 1. The van der Waals surface area contributed by atoms with Crippen LogP contribution in [0.2, 0.25) is 0 Å². The van der Waals surface area contributed by atoms with E-state index in [1.54, 1.807) is 6.20 Å². The highest BCUT2D eigenvalue weighted by atomic mass is 16.3. The maximum absolute atomic E-state index is 12.6. The number of nitrogens with one attached hydrogen (secondary N) is 1. The molecule has 2 heterocycles. The van der Waals surface area contributed by atoms with Crippen molar-refractivity contribution in [2.45, 2.75) is 26.7 Å². The number of aliphatic hydroxyl groups is 1. The number of rotatable bonds is 4. The van der Waals surface area contributed by atoms with Crippen LogP contribution in [-0.4, -0.2) is 47.1 Å². The molecule has 1 aromatic heterocycles. The van der Waals surface area contributed by atoms with Gasteiger partial charge in [-0.15, -0.1) is 0 Å². The number of aryl methyl sites for hydroxylation is 1. The number of nitrogens with zero attached hydrogens (tertiary/aromatic N) is 2. The van der Waals surface area contributed by atoms with E-state index >= 15 is 0 Å². The van der Waals surface area contributed by atoms with Gasteiger partial charge in [0.15, 0.2) is 0 Å². The molecule has 0 aromatic carbocycles. The SMILES string of the molecule is CCNc1cc(C)ncc1C(=O)N1CCCC(CO)C1. The average Bonchev–Trinajstić information content (AvgIpc) is 2.47. The van der Waals surface area contributed by atoms with Gasteiger partial charge in [-0.25, -0.2) is 0 Å². The van der Waals surface area contributed by atoms with E-state index in [1.165, 1.54) is 0 Å². The fourth-order valence-electron chi connectivity index (χ4n) is 2.64. The summed E-state index contributed by atoms with van der Waals surface area (Å²) in [5, 5.41) is 12.5. The van der Waals surface area contributed by atoms with Crippen molar-refractivity contribution in [1.82, 2.24) is 9.88 Å². The van der Waals surface area contributed by atoms with Gasteiger partial charge in [-0.05, 0) is 38.7 Å². The maximum atomic E-state index is 12.6. The fraction of sp³-hybridized carbons (Fsp3) is 0.600. The maximum Gasteiger partial charge on any atom is 0.257 e. The number of anilines is 1. The van der Waals surface area contributed by atoms with E-state index in [-0.39, 0.29) is 18.4 Å². The highest BCUT2D eigenvalue weighted by Gasteiger charge is 2.25. The number of carbonyl (C=O) groups is 1. The first kappa shape index (κ1) is 14.8. The van der Waals surface area contributed by atoms with Crippen molar-refractivity contribution >= 4 is 11.6 Å². The lowest BCUT2D eigenvalue weighted by molar-refractivity contribution is 0.0621. The highest BCUT2D eigenvalue weighted by molar-refractivity contribution is 5.99. The Morgan fingerprint density at radius 2 is 2.40 bits per heavy atom. The molecule has 1 aliphatic rings. The predicted molar refractivity (Wildman–Crippen MR) is 78.9 cm³/mol. The van der Waals surface area contributed by atoms with Gasteiger partial charge in [0.2, 0.25) is 0 Å². The Hall–Kier alpha value is -1.62.